The van der Waals surface area contributed by atoms with Gasteiger partial charge in [0.05, 0.1) is 18.3 Å². The predicted molar refractivity (Wildman–Crippen MR) is 72.7 cm³/mol. The van der Waals surface area contributed by atoms with Gasteiger partial charge in [-0.15, -0.1) is 0 Å². The first-order valence-electron chi connectivity index (χ1n) is 6.43. The molecule has 0 bridgehead atoms. The van der Waals surface area contributed by atoms with Crippen LogP contribution in [0.25, 0.3) is 0 Å². The van der Waals surface area contributed by atoms with E-state index in [0.29, 0.717) is 17.6 Å². The lowest BCUT2D eigenvalue weighted by Crippen LogP contribution is -2.41. The topological polar surface area (TPSA) is 27.7 Å². The number of methoxy groups -OCH3 is 1. The highest BCUT2D eigenvalue weighted by Gasteiger charge is 2.50. The Bertz CT molecular complexity index is 458. The van der Waals surface area contributed by atoms with Gasteiger partial charge < -0.3 is 14.0 Å². The quantitative estimate of drug-likeness (QED) is 0.787. The summed E-state index contributed by atoms with van der Waals surface area (Å²) in [4.78, 5) is 0. The number of hydrogen-bond donors (Lipinski definition) is 0. The summed E-state index contributed by atoms with van der Waals surface area (Å²) in [6.45, 7) is 7.92. The first kappa shape index (κ1) is 14.3. The van der Waals surface area contributed by atoms with Gasteiger partial charge >= 0.3 is 7.12 Å². The van der Waals surface area contributed by atoms with Gasteiger partial charge in [-0.3, -0.25) is 0 Å². The Morgan fingerprint density at radius 2 is 1.74 bits per heavy atom. The molecule has 0 unspecified atom stereocenters. The fourth-order valence-electron chi connectivity index (χ4n) is 2.06. The Balaban J connectivity index is 2.15. The van der Waals surface area contributed by atoms with Gasteiger partial charge in [-0.2, -0.15) is 0 Å². The van der Waals surface area contributed by atoms with E-state index in [2.05, 4.69) is 0 Å². The zero-order valence-corrected chi connectivity index (χ0v) is 12.1. The van der Waals surface area contributed by atoms with Crippen LogP contribution in [0.1, 0.15) is 33.3 Å². The van der Waals surface area contributed by atoms with Crippen molar-refractivity contribution in [3.05, 3.63) is 29.6 Å². The molecule has 104 valence electrons. The summed E-state index contributed by atoms with van der Waals surface area (Å²) in [5.41, 5.74) is -0.252. The molecule has 5 heteroatoms. The van der Waals surface area contributed by atoms with Gasteiger partial charge in [0.15, 0.2) is 0 Å². The molecule has 0 atom stereocenters. The van der Waals surface area contributed by atoms with Gasteiger partial charge in [-0.1, -0.05) is 0 Å². The molecule has 1 aliphatic rings. The van der Waals surface area contributed by atoms with Crippen LogP contribution in [0.15, 0.2) is 18.2 Å². The molecular weight excluding hydrogens is 246 g/mol. The van der Waals surface area contributed by atoms with Gasteiger partial charge in [0.1, 0.15) is 11.6 Å². The second-order valence-corrected chi connectivity index (χ2v) is 5.85. The van der Waals surface area contributed by atoms with Gasteiger partial charge in [-0.25, -0.2) is 4.39 Å². The minimum Gasteiger partial charge on any atom is -0.497 e. The summed E-state index contributed by atoms with van der Waals surface area (Å²) in [6, 6.07) is 4.68. The fourth-order valence-corrected chi connectivity index (χ4v) is 2.06. The number of ether oxygens (including phenoxy) is 1. The van der Waals surface area contributed by atoms with Crippen molar-refractivity contribution in [1.29, 1.82) is 0 Å². The number of rotatable bonds is 3. The summed E-state index contributed by atoms with van der Waals surface area (Å²) in [5, 5.41) is 0. The van der Waals surface area contributed by atoms with Crippen LogP contribution >= 0.6 is 0 Å². The first-order chi connectivity index (χ1) is 8.75. The highest BCUT2D eigenvalue weighted by Crippen LogP contribution is 2.37. The molecule has 1 saturated heterocycles. The zero-order valence-electron chi connectivity index (χ0n) is 12.1. The summed E-state index contributed by atoms with van der Waals surface area (Å²) in [7, 11) is 1.12. The smallest absolute Gasteiger partial charge is 0.462 e. The van der Waals surface area contributed by atoms with Crippen LogP contribution in [0.2, 0.25) is 0 Å². The molecular formula is C14H20BFO3. The van der Waals surface area contributed by atoms with Crippen LogP contribution in [0.5, 0.6) is 5.75 Å². The van der Waals surface area contributed by atoms with Gasteiger partial charge in [0, 0.05) is 6.32 Å². The van der Waals surface area contributed by atoms with Crippen LogP contribution < -0.4 is 4.74 Å². The van der Waals surface area contributed by atoms with E-state index in [1.165, 1.54) is 6.07 Å². The Kier molecular flexibility index (Phi) is 3.62. The third-order valence-electron chi connectivity index (χ3n) is 3.94. The van der Waals surface area contributed by atoms with Crippen molar-refractivity contribution >= 4 is 7.12 Å². The lowest BCUT2D eigenvalue weighted by molar-refractivity contribution is 0.00578. The maximum absolute atomic E-state index is 13.8. The molecule has 1 aromatic carbocycles. The highest BCUT2D eigenvalue weighted by molar-refractivity contribution is 6.45. The zero-order chi connectivity index (χ0) is 14.3. The Labute approximate surface area is 114 Å². The minimum atomic E-state index is -0.438. The number of benzene rings is 1. The van der Waals surface area contributed by atoms with E-state index in [1.807, 2.05) is 27.7 Å². The average Bonchev–Trinajstić information content (AvgIpc) is 2.50. The molecule has 0 N–H and O–H groups in total. The van der Waals surface area contributed by atoms with Gasteiger partial charge in [-0.05, 0) is 51.5 Å². The minimum absolute atomic E-state index is 0.268. The van der Waals surface area contributed by atoms with E-state index >= 15 is 0 Å². The summed E-state index contributed by atoms with van der Waals surface area (Å²) >= 11 is 0. The molecule has 0 amide bonds. The second kappa shape index (κ2) is 4.80. The summed E-state index contributed by atoms with van der Waals surface area (Å²) < 4.78 is 30.6. The highest BCUT2D eigenvalue weighted by atomic mass is 19.1. The van der Waals surface area contributed by atoms with Crippen molar-refractivity contribution in [2.45, 2.75) is 45.2 Å². The average molecular weight is 266 g/mol. The third kappa shape index (κ3) is 2.77. The van der Waals surface area contributed by atoms with Crippen molar-refractivity contribution in [3.8, 4) is 5.75 Å². The molecule has 0 radical (unpaired) electrons. The molecule has 3 nitrogen and oxygen atoms in total. The molecule has 0 aromatic heterocycles. The van der Waals surface area contributed by atoms with Crippen LogP contribution in [0, 0.1) is 5.82 Å². The van der Waals surface area contributed by atoms with Crippen molar-refractivity contribution in [2.75, 3.05) is 7.11 Å². The van der Waals surface area contributed by atoms with Crippen LogP contribution in [-0.4, -0.2) is 25.4 Å². The predicted octanol–water partition coefficient (Wildman–Crippen LogP) is 3.01. The summed E-state index contributed by atoms with van der Waals surface area (Å²) in [6.07, 6.45) is 0.371. The Morgan fingerprint density at radius 1 is 1.16 bits per heavy atom. The second-order valence-electron chi connectivity index (χ2n) is 5.85. The van der Waals surface area contributed by atoms with Gasteiger partial charge in [0.2, 0.25) is 0 Å². The van der Waals surface area contributed by atoms with Crippen molar-refractivity contribution in [3.63, 3.8) is 0 Å². The standard InChI is InChI=1S/C14H20BFO3/c1-13(2)14(3,4)19-15(18-13)9-10-8-11(17-5)6-7-12(10)16/h6-8H,9H2,1-5H3. The number of hydrogen-bond acceptors (Lipinski definition) is 3. The molecule has 2 rings (SSSR count). The largest absolute Gasteiger partial charge is 0.497 e. The van der Waals surface area contributed by atoms with E-state index in [9.17, 15) is 4.39 Å². The Hall–Kier alpha value is -1.07. The van der Waals surface area contributed by atoms with Crippen LogP contribution in [0.4, 0.5) is 4.39 Å². The fraction of sp³-hybridized carbons (Fsp3) is 0.571. The maximum Gasteiger partial charge on any atom is 0.462 e. The first-order valence-corrected chi connectivity index (χ1v) is 6.43. The molecule has 1 fully saturated rings. The van der Waals surface area contributed by atoms with Crippen molar-refractivity contribution in [2.24, 2.45) is 0 Å². The molecule has 0 aliphatic carbocycles. The molecule has 0 spiro atoms. The lowest BCUT2D eigenvalue weighted by Gasteiger charge is -2.32. The monoisotopic (exact) mass is 266 g/mol. The van der Waals surface area contributed by atoms with E-state index < -0.39 is 18.3 Å². The van der Waals surface area contributed by atoms with Crippen LogP contribution in [0.3, 0.4) is 0 Å². The van der Waals surface area contributed by atoms with Gasteiger partial charge in [0.25, 0.3) is 0 Å². The SMILES string of the molecule is COc1ccc(F)c(CB2OC(C)(C)C(C)(C)O2)c1. The molecule has 19 heavy (non-hydrogen) atoms. The molecule has 1 aliphatic heterocycles. The van der Waals surface area contributed by atoms with E-state index in [4.69, 9.17) is 14.0 Å². The van der Waals surface area contributed by atoms with Crippen molar-refractivity contribution < 1.29 is 18.4 Å². The maximum atomic E-state index is 13.8. The summed E-state index contributed by atoms with van der Waals surface area (Å²) in [5.74, 6) is 0.364. The third-order valence-corrected chi connectivity index (χ3v) is 3.94. The normalized spacial score (nSPS) is 20.6. The molecule has 1 aromatic rings. The molecule has 1 heterocycles. The lowest BCUT2D eigenvalue weighted by atomic mass is 9.80. The molecule has 0 saturated carbocycles. The van der Waals surface area contributed by atoms with E-state index in [-0.39, 0.29) is 5.82 Å². The van der Waals surface area contributed by atoms with Crippen LogP contribution in [-0.2, 0) is 15.6 Å². The number of halogens is 1. The Morgan fingerprint density at radius 3 is 2.26 bits per heavy atom. The van der Waals surface area contributed by atoms with Crippen molar-refractivity contribution in [1.82, 2.24) is 0 Å². The van der Waals surface area contributed by atoms with E-state index in [0.717, 1.165) is 0 Å². The van der Waals surface area contributed by atoms with E-state index in [1.54, 1.807) is 19.2 Å².